The number of hydrogen-bond acceptors (Lipinski definition) is 2. The second-order valence-corrected chi connectivity index (χ2v) is 16.2. The zero-order chi connectivity index (χ0) is 31.2. The van der Waals surface area contributed by atoms with Gasteiger partial charge in [-0.05, 0) is 46.5 Å². The van der Waals surface area contributed by atoms with E-state index in [2.05, 4.69) is 114 Å². The third kappa shape index (κ3) is 3.51. The highest BCUT2D eigenvalue weighted by atomic mass is 32.2. The smallest absolute Gasteiger partial charge is 0.171 e. The molecule has 7 aromatic carbocycles. The summed E-state index contributed by atoms with van der Waals surface area (Å²) in [6.45, 7) is 0. The molecule has 0 aliphatic carbocycles. The van der Waals surface area contributed by atoms with Crippen molar-refractivity contribution in [2.24, 2.45) is 0 Å². The molecule has 1 unspecified atom stereocenters. The molecule has 2 aliphatic heterocycles. The first-order valence-corrected chi connectivity index (χ1v) is 18.5. The Hall–Kier alpha value is -5.08. The second kappa shape index (κ2) is 9.96. The van der Waals surface area contributed by atoms with E-state index >= 15 is 4.57 Å². The minimum Gasteiger partial charge on any atom is -0.309 e. The minimum absolute atomic E-state index is 0.556. The summed E-state index contributed by atoms with van der Waals surface area (Å²) in [5.74, 6) is 0. The number of fused-ring (bicyclic) bond motifs is 11. The SMILES string of the molecule is O=P(c1ccccc1)(c1ccccc1)c1ccc2c(c1)Sc1ccccc1C21c2ccccc2-n2c3ccccc3c3cccc1c32. The van der Waals surface area contributed by atoms with E-state index in [1.807, 2.05) is 60.7 Å². The van der Waals surface area contributed by atoms with Gasteiger partial charge in [-0.25, -0.2) is 0 Å². The number of para-hydroxylation sites is 3. The summed E-state index contributed by atoms with van der Waals surface area (Å²) in [4.78, 5) is 2.37. The van der Waals surface area contributed by atoms with E-state index in [0.29, 0.717) is 0 Å². The van der Waals surface area contributed by atoms with Gasteiger partial charge < -0.3 is 9.13 Å². The van der Waals surface area contributed by atoms with Crippen LogP contribution in [-0.2, 0) is 9.98 Å². The highest BCUT2D eigenvalue weighted by Crippen LogP contribution is 2.60. The maximum Gasteiger partial charge on any atom is 0.171 e. The number of nitrogens with zero attached hydrogens (tertiary/aromatic N) is 1. The summed E-state index contributed by atoms with van der Waals surface area (Å²) < 4.78 is 18.0. The molecule has 0 radical (unpaired) electrons. The third-order valence-corrected chi connectivity index (χ3v) is 14.3. The van der Waals surface area contributed by atoms with Crippen LogP contribution in [-0.4, -0.2) is 4.57 Å². The molecule has 8 aromatic rings. The molecule has 2 aliphatic rings. The van der Waals surface area contributed by atoms with Crippen LogP contribution < -0.4 is 15.9 Å². The summed E-state index contributed by atoms with van der Waals surface area (Å²) in [7, 11) is -3.16. The van der Waals surface area contributed by atoms with Crippen molar-refractivity contribution in [1.82, 2.24) is 4.57 Å². The average Bonchev–Trinajstić information content (AvgIpc) is 3.49. The van der Waals surface area contributed by atoms with Crippen molar-refractivity contribution in [3.63, 3.8) is 0 Å². The Balaban J connectivity index is 1.33. The molecule has 0 N–H and O–H groups in total. The number of aromatic nitrogens is 1. The number of hydrogen-bond donors (Lipinski definition) is 0. The summed E-state index contributed by atoms with van der Waals surface area (Å²) in [5.41, 5.74) is 8.18. The maximum absolute atomic E-state index is 15.5. The molecule has 47 heavy (non-hydrogen) atoms. The van der Waals surface area contributed by atoms with Crippen molar-refractivity contribution < 1.29 is 4.57 Å². The highest BCUT2D eigenvalue weighted by molar-refractivity contribution is 7.99. The van der Waals surface area contributed by atoms with Gasteiger partial charge in [-0.3, -0.25) is 0 Å². The largest absolute Gasteiger partial charge is 0.309 e. The molecule has 222 valence electrons. The topological polar surface area (TPSA) is 22.0 Å². The van der Waals surface area contributed by atoms with E-state index in [-0.39, 0.29) is 0 Å². The van der Waals surface area contributed by atoms with E-state index in [1.54, 1.807) is 11.8 Å². The van der Waals surface area contributed by atoms with Crippen LogP contribution >= 0.6 is 18.9 Å². The van der Waals surface area contributed by atoms with Crippen molar-refractivity contribution >= 4 is 56.6 Å². The molecular weight excluding hydrogens is 610 g/mol. The minimum atomic E-state index is -3.16. The van der Waals surface area contributed by atoms with E-state index in [9.17, 15) is 0 Å². The number of rotatable bonds is 3. The van der Waals surface area contributed by atoms with Gasteiger partial charge in [-0.2, -0.15) is 0 Å². The lowest BCUT2D eigenvalue weighted by molar-refractivity contribution is 0.592. The molecule has 0 saturated carbocycles. The molecule has 3 heterocycles. The quantitative estimate of drug-likeness (QED) is 0.180. The van der Waals surface area contributed by atoms with E-state index in [4.69, 9.17) is 0 Å². The second-order valence-electron chi connectivity index (χ2n) is 12.4. The Labute approximate surface area is 277 Å². The molecular formula is C43H28NOPS. The molecule has 0 saturated heterocycles. The average molecular weight is 638 g/mol. The van der Waals surface area contributed by atoms with Crippen molar-refractivity contribution in [1.29, 1.82) is 0 Å². The lowest BCUT2D eigenvalue weighted by Gasteiger charge is -2.45. The lowest BCUT2D eigenvalue weighted by atomic mass is 9.63. The van der Waals surface area contributed by atoms with Gasteiger partial charge in [0, 0.05) is 36.5 Å². The van der Waals surface area contributed by atoms with E-state index < -0.39 is 12.6 Å². The van der Waals surface area contributed by atoms with Crippen LogP contribution in [0, 0.1) is 0 Å². The predicted octanol–water partition coefficient (Wildman–Crippen LogP) is 9.58. The molecule has 2 nitrogen and oxygen atoms in total. The Kier molecular flexibility index (Phi) is 5.74. The van der Waals surface area contributed by atoms with Crippen LogP contribution in [0.3, 0.4) is 0 Å². The van der Waals surface area contributed by atoms with Gasteiger partial charge in [0.15, 0.2) is 7.14 Å². The van der Waals surface area contributed by atoms with Gasteiger partial charge in [-0.15, -0.1) is 0 Å². The van der Waals surface area contributed by atoms with Crippen molar-refractivity contribution in [3.05, 3.63) is 192 Å². The first-order valence-electron chi connectivity index (χ1n) is 16.0. The van der Waals surface area contributed by atoms with Crippen LogP contribution in [0.4, 0.5) is 0 Å². The first-order chi connectivity index (χ1) is 23.2. The maximum atomic E-state index is 15.5. The normalized spacial score (nSPS) is 16.2. The molecule has 0 amide bonds. The standard InChI is InChI=1S/C43H28NOPS/c45-46(29-14-3-1-4-15-29,30-16-5-2-6-17-30)31-26-27-36-41(28-31)47-40-25-12-9-21-35(40)43(36)34-20-8-11-24-39(34)44-38-23-10-7-18-32(38)33-19-13-22-37(43)42(33)44/h1-28H. The van der Waals surface area contributed by atoms with Crippen molar-refractivity contribution in [2.75, 3.05) is 0 Å². The summed E-state index contributed by atoms with van der Waals surface area (Å²) in [5, 5.41) is 5.07. The van der Waals surface area contributed by atoms with E-state index in [1.165, 1.54) is 54.6 Å². The molecule has 0 bridgehead atoms. The molecule has 0 fully saturated rings. The third-order valence-electron chi connectivity index (χ3n) is 10.1. The highest BCUT2D eigenvalue weighted by Gasteiger charge is 2.49. The monoisotopic (exact) mass is 637 g/mol. The van der Waals surface area contributed by atoms with Gasteiger partial charge in [0.2, 0.25) is 0 Å². The Morgan fingerprint density at radius 1 is 0.468 bits per heavy atom. The summed E-state index contributed by atoms with van der Waals surface area (Å²) in [6, 6.07) is 60.0. The Morgan fingerprint density at radius 2 is 1.06 bits per heavy atom. The number of benzene rings is 7. The molecule has 4 heteroatoms. The zero-order valence-corrected chi connectivity index (χ0v) is 27.1. The van der Waals surface area contributed by atoms with Crippen LogP contribution in [0.25, 0.3) is 27.5 Å². The zero-order valence-electron chi connectivity index (χ0n) is 25.4. The molecule has 1 atom stereocenters. The molecule has 10 rings (SSSR count). The van der Waals surface area contributed by atoms with Gasteiger partial charge in [-0.1, -0.05) is 157 Å². The van der Waals surface area contributed by atoms with Crippen LogP contribution in [0.1, 0.15) is 22.3 Å². The van der Waals surface area contributed by atoms with Gasteiger partial charge >= 0.3 is 0 Å². The first kappa shape index (κ1) is 27.1. The summed E-state index contributed by atoms with van der Waals surface area (Å²) >= 11 is 1.79. The fraction of sp³-hybridized carbons (Fsp3) is 0.0233. The van der Waals surface area contributed by atoms with Crippen molar-refractivity contribution in [3.8, 4) is 5.69 Å². The Bertz CT molecular complexity index is 2550. The van der Waals surface area contributed by atoms with E-state index in [0.717, 1.165) is 20.8 Å². The summed E-state index contributed by atoms with van der Waals surface area (Å²) in [6.07, 6.45) is 0. The van der Waals surface area contributed by atoms with Gasteiger partial charge in [0.05, 0.1) is 22.1 Å². The fourth-order valence-electron chi connectivity index (χ4n) is 8.24. The van der Waals surface area contributed by atoms with Crippen molar-refractivity contribution in [2.45, 2.75) is 15.2 Å². The van der Waals surface area contributed by atoms with Crippen LogP contribution in [0.15, 0.2) is 180 Å². The van der Waals surface area contributed by atoms with Gasteiger partial charge in [0.1, 0.15) is 0 Å². The fourth-order valence-corrected chi connectivity index (χ4v) is 12.2. The lowest BCUT2D eigenvalue weighted by Crippen LogP contribution is -2.38. The molecule has 1 spiro atoms. The van der Waals surface area contributed by atoms with Crippen LogP contribution in [0.5, 0.6) is 0 Å². The van der Waals surface area contributed by atoms with Gasteiger partial charge in [0.25, 0.3) is 0 Å². The molecule has 1 aromatic heterocycles. The predicted molar refractivity (Wildman–Crippen MR) is 196 cm³/mol. The Morgan fingerprint density at radius 3 is 1.85 bits per heavy atom. The van der Waals surface area contributed by atoms with Crippen LogP contribution in [0.2, 0.25) is 0 Å².